The molecule has 4 rings (SSSR count). The van der Waals surface area contributed by atoms with E-state index in [0.29, 0.717) is 34.9 Å². The van der Waals surface area contributed by atoms with Crippen LogP contribution in [0.5, 0.6) is 5.88 Å². The summed E-state index contributed by atoms with van der Waals surface area (Å²) in [5.41, 5.74) is 8.73. The zero-order valence-corrected chi connectivity index (χ0v) is 18.6. The molecule has 176 valence electrons. The Balaban J connectivity index is 1.40. The number of benzene rings is 1. The molecular formula is C22H20FN4O6P. The molecule has 0 saturated carbocycles. The third-order valence-corrected chi connectivity index (χ3v) is 5.20. The Kier molecular flexibility index (Phi) is 6.99. The smallest absolute Gasteiger partial charge is 0.285 e. The molecule has 3 aromatic heterocycles. The standard InChI is InChI=1S/C22H20FN4O6P/c23-17-4-1-3-16(9-17)13-31-21-7-6-15(12-25-21)10-18-11-20(33-26-18)19-5-2-8-27(22(19)24)14-32-34(28,29)30/h1-9,11-12,24H,10,13-14H2,(H2,28,29,30). The van der Waals surface area contributed by atoms with Gasteiger partial charge in [0.05, 0.1) is 11.9 Å². The van der Waals surface area contributed by atoms with Gasteiger partial charge in [-0.3, -0.25) is 14.8 Å². The first-order valence-corrected chi connectivity index (χ1v) is 11.5. The summed E-state index contributed by atoms with van der Waals surface area (Å²) in [7, 11) is -4.89. The molecule has 0 saturated heterocycles. The van der Waals surface area contributed by atoms with E-state index in [1.807, 2.05) is 6.07 Å². The number of rotatable bonds is 9. The summed E-state index contributed by atoms with van der Waals surface area (Å²) in [5, 5.41) is 4.05. The molecule has 1 atom stereocenters. The van der Waals surface area contributed by atoms with Crippen molar-refractivity contribution < 1.29 is 37.1 Å². The van der Waals surface area contributed by atoms with Crippen molar-refractivity contribution in [2.24, 2.45) is 0 Å². The van der Waals surface area contributed by atoms with Gasteiger partial charge in [0, 0.05) is 24.8 Å². The number of phosphoric acid groups is 1. The number of ether oxygens (including phenoxy) is 1. The lowest BCUT2D eigenvalue weighted by Crippen LogP contribution is -2.38. The number of nitrogens with two attached hydrogens (primary N) is 1. The Hall–Kier alpha value is -3.63. The minimum absolute atomic E-state index is 0.167. The van der Waals surface area contributed by atoms with E-state index < -0.39 is 14.6 Å². The molecule has 0 fully saturated rings. The molecule has 0 radical (unpaired) electrons. The van der Waals surface area contributed by atoms with Crippen molar-refractivity contribution in [1.82, 2.24) is 10.1 Å². The average Bonchev–Trinajstić information content (AvgIpc) is 3.25. The molecule has 10 nitrogen and oxygen atoms in total. The third-order valence-electron chi connectivity index (χ3n) is 4.76. The molecule has 4 aromatic rings. The van der Waals surface area contributed by atoms with E-state index in [9.17, 15) is 13.8 Å². The maximum atomic E-state index is 13.3. The maximum Gasteiger partial charge on any atom is 0.285 e. The van der Waals surface area contributed by atoms with Crippen molar-refractivity contribution in [3.05, 3.63) is 89.6 Å². The van der Waals surface area contributed by atoms with Gasteiger partial charge in [-0.05, 0) is 35.4 Å². The fourth-order valence-electron chi connectivity index (χ4n) is 3.14. The number of pyridine rings is 2. The van der Waals surface area contributed by atoms with E-state index in [-0.39, 0.29) is 18.2 Å². The highest BCUT2D eigenvalue weighted by molar-refractivity contribution is 7.44. The predicted molar refractivity (Wildman–Crippen MR) is 115 cm³/mol. The molecule has 0 aliphatic carbocycles. The van der Waals surface area contributed by atoms with Crippen LogP contribution in [0.25, 0.3) is 11.3 Å². The highest BCUT2D eigenvalue weighted by atomic mass is 31.2. The van der Waals surface area contributed by atoms with Crippen LogP contribution in [0.1, 0.15) is 16.8 Å². The molecule has 34 heavy (non-hydrogen) atoms. The number of nitrogen functional groups attached to an aromatic ring is 1. The molecule has 3 heterocycles. The number of anilines is 1. The normalized spacial score (nSPS) is 12.9. The van der Waals surface area contributed by atoms with Gasteiger partial charge in [-0.15, -0.1) is 0 Å². The van der Waals surface area contributed by atoms with Gasteiger partial charge in [-0.25, -0.2) is 13.9 Å². The second-order valence-corrected chi connectivity index (χ2v) is 8.48. The van der Waals surface area contributed by atoms with Crippen LogP contribution in [0, 0.1) is 5.82 Å². The van der Waals surface area contributed by atoms with Crippen LogP contribution < -0.4 is 19.9 Å². The summed E-state index contributed by atoms with van der Waals surface area (Å²) in [5.74, 6) is 0.623. The van der Waals surface area contributed by atoms with Gasteiger partial charge < -0.3 is 19.0 Å². The SMILES string of the molecule is Nc1c(-c2cc(Cc3ccc(OCc4cccc(F)c4)nc3)no2)ccc[n+]1COP(=O)([O-])O. The molecule has 0 bridgehead atoms. The predicted octanol–water partition coefficient (Wildman–Crippen LogP) is 2.35. The Morgan fingerprint density at radius 3 is 2.76 bits per heavy atom. The minimum Gasteiger partial charge on any atom is -0.756 e. The van der Waals surface area contributed by atoms with Gasteiger partial charge >= 0.3 is 0 Å². The molecule has 0 aliphatic rings. The fourth-order valence-corrected chi connectivity index (χ4v) is 3.41. The van der Waals surface area contributed by atoms with Crippen molar-refractivity contribution in [3.8, 4) is 17.2 Å². The number of nitrogens with zero attached hydrogens (tertiary/aromatic N) is 3. The molecule has 12 heteroatoms. The van der Waals surface area contributed by atoms with Crippen LogP contribution in [-0.2, 0) is 28.8 Å². The van der Waals surface area contributed by atoms with Gasteiger partial charge in [-0.1, -0.05) is 23.4 Å². The Morgan fingerprint density at radius 2 is 2.03 bits per heavy atom. The van der Waals surface area contributed by atoms with E-state index in [2.05, 4.69) is 14.7 Å². The number of aromatic nitrogens is 3. The second kappa shape index (κ2) is 10.1. The summed E-state index contributed by atoms with van der Waals surface area (Å²) >= 11 is 0. The first-order valence-electron chi connectivity index (χ1n) is 10.0. The molecule has 1 aromatic carbocycles. The van der Waals surface area contributed by atoms with Crippen molar-refractivity contribution in [1.29, 1.82) is 0 Å². The van der Waals surface area contributed by atoms with Gasteiger partial charge in [0.15, 0.2) is 12.5 Å². The zero-order chi connectivity index (χ0) is 24.1. The molecule has 0 aliphatic heterocycles. The van der Waals surface area contributed by atoms with Crippen LogP contribution in [0.4, 0.5) is 10.2 Å². The van der Waals surface area contributed by atoms with Crippen LogP contribution in [-0.4, -0.2) is 15.0 Å². The lowest BCUT2D eigenvalue weighted by atomic mass is 10.1. The number of hydrogen-bond donors (Lipinski definition) is 2. The van der Waals surface area contributed by atoms with Gasteiger partial charge in [0.1, 0.15) is 18.0 Å². The first-order chi connectivity index (χ1) is 16.3. The summed E-state index contributed by atoms with van der Waals surface area (Å²) in [6.45, 7) is -0.289. The van der Waals surface area contributed by atoms with Crippen LogP contribution in [0.15, 0.2) is 71.5 Å². The largest absolute Gasteiger partial charge is 0.756 e. The molecule has 0 spiro atoms. The van der Waals surface area contributed by atoms with Crippen LogP contribution in [0.2, 0.25) is 0 Å². The number of halogens is 1. The molecule has 0 amide bonds. The lowest BCUT2D eigenvalue weighted by Gasteiger charge is -2.14. The van der Waals surface area contributed by atoms with Gasteiger partial charge in [0.25, 0.3) is 13.6 Å². The van der Waals surface area contributed by atoms with Gasteiger partial charge in [0.2, 0.25) is 5.88 Å². The second-order valence-electron chi connectivity index (χ2n) is 7.29. The minimum atomic E-state index is -4.89. The Labute approximate surface area is 193 Å². The molecule has 1 unspecified atom stereocenters. The van der Waals surface area contributed by atoms with Crippen molar-refractivity contribution in [2.45, 2.75) is 19.8 Å². The van der Waals surface area contributed by atoms with E-state index in [0.717, 1.165) is 5.56 Å². The summed E-state index contributed by atoms with van der Waals surface area (Å²) in [6, 6.07) is 14.7. The Morgan fingerprint density at radius 1 is 1.18 bits per heavy atom. The quantitative estimate of drug-likeness (QED) is 0.269. The highest BCUT2D eigenvalue weighted by Crippen LogP contribution is 2.30. The zero-order valence-electron chi connectivity index (χ0n) is 17.7. The summed E-state index contributed by atoms with van der Waals surface area (Å²) in [4.78, 5) is 23.9. The topological polar surface area (TPSA) is 148 Å². The van der Waals surface area contributed by atoms with E-state index in [1.54, 1.807) is 42.6 Å². The fraction of sp³-hybridized carbons (Fsp3) is 0.136. The number of hydrogen-bond acceptors (Lipinski definition) is 8. The lowest BCUT2D eigenvalue weighted by molar-refractivity contribution is -0.712. The maximum absolute atomic E-state index is 13.3. The number of phosphoric ester groups is 1. The molecule has 3 N–H and O–H groups in total. The van der Waals surface area contributed by atoms with Crippen LogP contribution in [0.3, 0.4) is 0 Å². The Bertz CT molecular complexity index is 1330. The van der Waals surface area contributed by atoms with Crippen molar-refractivity contribution in [2.75, 3.05) is 5.73 Å². The van der Waals surface area contributed by atoms with Gasteiger partial charge in [-0.2, -0.15) is 0 Å². The third kappa shape index (κ3) is 6.24. The van der Waals surface area contributed by atoms with E-state index >= 15 is 0 Å². The first kappa shape index (κ1) is 23.5. The van der Waals surface area contributed by atoms with E-state index in [4.69, 9.17) is 19.9 Å². The monoisotopic (exact) mass is 486 g/mol. The molecular weight excluding hydrogens is 466 g/mol. The van der Waals surface area contributed by atoms with E-state index in [1.165, 1.54) is 22.9 Å². The van der Waals surface area contributed by atoms with Crippen molar-refractivity contribution >= 4 is 13.6 Å². The summed E-state index contributed by atoms with van der Waals surface area (Å²) in [6.07, 6.45) is 3.57. The van der Waals surface area contributed by atoms with Crippen molar-refractivity contribution in [3.63, 3.8) is 0 Å². The summed E-state index contributed by atoms with van der Waals surface area (Å²) < 4.78 is 40.8. The highest BCUT2D eigenvalue weighted by Gasteiger charge is 2.18. The van der Waals surface area contributed by atoms with Crippen LogP contribution >= 0.6 is 7.82 Å². The average molecular weight is 486 g/mol.